The maximum Gasteiger partial charge on any atom is 0.316 e. The third-order valence-corrected chi connectivity index (χ3v) is 7.36. The van der Waals surface area contributed by atoms with Gasteiger partial charge in [-0.05, 0) is 13.3 Å². The van der Waals surface area contributed by atoms with Gasteiger partial charge in [0.2, 0.25) is 0 Å². The minimum absolute atomic E-state index is 0.0573. The van der Waals surface area contributed by atoms with E-state index in [1.165, 1.54) is 28.7 Å². The Morgan fingerprint density at radius 2 is 2.12 bits per heavy atom. The Hall–Kier alpha value is -1.38. The summed E-state index contributed by atoms with van der Waals surface area (Å²) < 4.78 is 28.7. The third-order valence-electron chi connectivity index (χ3n) is 3.63. The zero-order valence-electron chi connectivity index (χ0n) is 13.1. The van der Waals surface area contributed by atoms with E-state index in [1.54, 1.807) is 0 Å². The number of esters is 1. The van der Waals surface area contributed by atoms with Gasteiger partial charge in [0.15, 0.2) is 14.2 Å². The van der Waals surface area contributed by atoms with E-state index in [9.17, 15) is 13.2 Å². The summed E-state index contributed by atoms with van der Waals surface area (Å²) >= 11 is 2.80. The van der Waals surface area contributed by atoms with Gasteiger partial charge in [-0.15, -0.1) is 11.3 Å². The van der Waals surface area contributed by atoms with Crippen LogP contribution in [-0.4, -0.2) is 42.7 Å². The second kappa shape index (κ2) is 7.25. The molecule has 0 aliphatic carbocycles. The molecule has 128 valence electrons. The van der Waals surface area contributed by atoms with Crippen LogP contribution in [0.5, 0.6) is 0 Å². The van der Waals surface area contributed by atoms with E-state index in [4.69, 9.17) is 4.74 Å². The number of thiazole rings is 1. The molecule has 3 rings (SSSR count). The Balaban J connectivity index is 1.52. The number of sulfone groups is 1. The minimum atomic E-state index is -3.03. The number of benzene rings is 1. The SMILES string of the molecule is Cc1ccc(-c2csc(SCC(=O)O[C@@H]3CCS(=O)(=O)C3)n2)cc1. The van der Waals surface area contributed by atoms with Gasteiger partial charge in [-0.3, -0.25) is 4.79 Å². The fourth-order valence-corrected chi connectivity index (χ4v) is 5.58. The van der Waals surface area contributed by atoms with Gasteiger partial charge in [-0.1, -0.05) is 41.6 Å². The van der Waals surface area contributed by atoms with Crippen LogP contribution in [0.3, 0.4) is 0 Å². The molecule has 0 N–H and O–H groups in total. The van der Waals surface area contributed by atoms with Gasteiger partial charge >= 0.3 is 5.97 Å². The first-order chi connectivity index (χ1) is 11.4. The van der Waals surface area contributed by atoms with E-state index in [0.29, 0.717) is 6.42 Å². The van der Waals surface area contributed by atoms with Crippen LogP contribution in [0.15, 0.2) is 34.0 Å². The number of nitrogens with zero attached hydrogens (tertiary/aromatic N) is 1. The molecule has 1 aromatic carbocycles. The molecule has 0 unspecified atom stereocenters. The molecule has 0 bridgehead atoms. The number of aromatic nitrogens is 1. The number of hydrogen-bond acceptors (Lipinski definition) is 7. The van der Waals surface area contributed by atoms with Crippen molar-refractivity contribution in [3.05, 3.63) is 35.2 Å². The molecule has 1 fully saturated rings. The molecule has 0 radical (unpaired) electrons. The molecule has 1 saturated heterocycles. The number of carbonyl (C=O) groups is 1. The molecule has 0 saturated carbocycles. The van der Waals surface area contributed by atoms with E-state index < -0.39 is 21.9 Å². The normalized spacial score (nSPS) is 19.3. The minimum Gasteiger partial charge on any atom is -0.461 e. The lowest BCUT2D eigenvalue weighted by Gasteiger charge is -2.09. The summed E-state index contributed by atoms with van der Waals surface area (Å²) in [7, 11) is -3.03. The van der Waals surface area contributed by atoms with Crippen molar-refractivity contribution < 1.29 is 17.9 Å². The van der Waals surface area contributed by atoms with Crippen molar-refractivity contribution in [1.29, 1.82) is 0 Å². The Morgan fingerprint density at radius 1 is 1.38 bits per heavy atom. The molecule has 1 aromatic heterocycles. The summed E-state index contributed by atoms with van der Waals surface area (Å²) in [5, 5.41) is 1.96. The lowest BCUT2D eigenvalue weighted by atomic mass is 10.1. The van der Waals surface area contributed by atoms with Crippen LogP contribution in [0.4, 0.5) is 0 Å². The van der Waals surface area contributed by atoms with Crippen molar-refractivity contribution in [3.63, 3.8) is 0 Å². The van der Waals surface area contributed by atoms with Crippen LogP contribution >= 0.6 is 23.1 Å². The van der Waals surface area contributed by atoms with Crippen LogP contribution in [0.1, 0.15) is 12.0 Å². The van der Waals surface area contributed by atoms with Crippen molar-refractivity contribution >= 4 is 38.9 Å². The smallest absolute Gasteiger partial charge is 0.316 e. The number of ether oxygens (including phenoxy) is 1. The van der Waals surface area contributed by atoms with Crippen molar-refractivity contribution in [2.45, 2.75) is 23.8 Å². The summed E-state index contributed by atoms with van der Waals surface area (Å²) in [6.45, 7) is 2.04. The predicted octanol–water partition coefficient (Wildman–Crippen LogP) is 2.94. The molecular weight excluding hydrogens is 366 g/mol. The summed E-state index contributed by atoms with van der Waals surface area (Å²) in [6, 6.07) is 8.12. The first kappa shape index (κ1) is 17.4. The monoisotopic (exact) mass is 383 g/mol. The van der Waals surface area contributed by atoms with Gasteiger partial charge in [0.25, 0.3) is 0 Å². The molecular formula is C16H17NO4S3. The second-order valence-corrected chi connectivity index (χ2v) is 9.98. The van der Waals surface area contributed by atoms with E-state index in [2.05, 4.69) is 4.98 Å². The average Bonchev–Trinajstić information content (AvgIpc) is 3.12. The number of aryl methyl sites for hydroxylation is 1. The molecule has 1 atom stereocenters. The highest BCUT2D eigenvalue weighted by Gasteiger charge is 2.30. The van der Waals surface area contributed by atoms with Crippen molar-refractivity contribution in [1.82, 2.24) is 4.98 Å². The van der Waals surface area contributed by atoms with Gasteiger partial charge < -0.3 is 4.74 Å². The quantitative estimate of drug-likeness (QED) is 0.584. The number of carbonyl (C=O) groups excluding carboxylic acids is 1. The van der Waals surface area contributed by atoms with E-state index in [-0.39, 0.29) is 17.3 Å². The van der Waals surface area contributed by atoms with Gasteiger partial charge in [-0.2, -0.15) is 0 Å². The average molecular weight is 384 g/mol. The molecule has 0 spiro atoms. The summed E-state index contributed by atoms with van der Waals surface area (Å²) in [4.78, 5) is 16.4. The van der Waals surface area contributed by atoms with Gasteiger partial charge in [0, 0.05) is 10.9 Å². The van der Waals surface area contributed by atoms with Gasteiger partial charge in [-0.25, -0.2) is 13.4 Å². The van der Waals surface area contributed by atoms with E-state index >= 15 is 0 Å². The Morgan fingerprint density at radius 3 is 2.79 bits per heavy atom. The highest BCUT2D eigenvalue weighted by molar-refractivity contribution is 8.01. The van der Waals surface area contributed by atoms with Crippen molar-refractivity contribution in [2.24, 2.45) is 0 Å². The topological polar surface area (TPSA) is 73.3 Å². The Kier molecular flexibility index (Phi) is 5.27. The van der Waals surface area contributed by atoms with Crippen LogP contribution in [-0.2, 0) is 19.4 Å². The molecule has 2 aromatic rings. The summed E-state index contributed by atoms with van der Waals surface area (Å²) in [6.07, 6.45) is -0.101. The van der Waals surface area contributed by atoms with Crippen LogP contribution < -0.4 is 0 Å². The first-order valence-electron chi connectivity index (χ1n) is 7.46. The second-order valence-electron chi connectivity index (χ2n) is 5.67. The molecule has 8 heteroatoms. The Bertz CT molecular complexity index is 827. The lowest BCUT2D eigenvalue weighted by Crippen LogP contribution is -2.20. The summed E-state index contributed by atoms with van der Waals surface area (Å²) in [5.41, 5.74) is 3.13. The molecule has 1 aliphatic rings. The Labute approximate surface area is 149 Å². The molecule has 0 amide bonds. The van der Waals surface area contributed by atoms with E-state index in [0.717, 1.165) is 15.6 Å². The van der Waals surface area contributed by atoms with E-state index in [1.807, 2.05) is 36.6 Å². The fraction of sp³-hybridized carbons (Fsp3) is 0.375. The number of rotatable bonds is 5. The maximum absolute atomic E-state index is 11.8. The predicted molar refractivity (Wildman–Crippen MR) is 96.2 cm³/mol. The highest BCUT2D eigenvalue weighted by atomic mass is 32.2. The van der Waals surface area contributed by atoms with Crippen molar-refractivity contribution in [3.8, 4) is 11.3 Å². The number of hydrogen-bond donors (Lipinski definition) is 0. The zero-order valence-corrected chi connectivity index (χ0v) is 15.5. The lowest BCUT2D eigenvalue weighted by molar-refractivity contribution is -0.144. The van der Waals surface area contributed by atoms with Crippen molar-refractivity contribution in [2.75, 3.05) is 17.3 Å². The first-order valence-corrected chi connectivity index (χ1v) is 11.2. The highest BCUT2D eigenvalue weighted by Crippen LogP contribution is 2.28. The zero-order chi connectivity index (χ0) is 17.2. The summed E-state index contributed by atoms with van der Waals surface area (Å²) in [5.74, 6) is -0.214. The van der Waals surface area contributed by atoms with Crippen LogP contribution in [0.2, 0.25) is 0 Å². The molecule has 5 nitrogen and oxygen atoms in total. The largest absolute Gasteiger partial charge is 0.461 e. The molecule has 2 heterocycles. The molecule has 1 aliphatic heterocycles. The van der Waals surface area contributed by atoms with Gasteiger partial charge in [0.1, 0.15) is 6.10 Å². The van der Waals surface area contributed by atoms with Crippen LogP contribution in [0.25, 0.3) is 11.3 Å². The van der Waals surface area contributed by atoms with Crippen LogP contribution in [0, 0.1) is 6.92 Å². The number of thioether (sulfide) groups is 1. The standard InChI is InChI=1S/C16H17NO4S3/c1-11-2-4-12(5-3-11)14-8-22-16(17-14)23-9-15(18)21-13-6-7-24(19,20)10-13/h2-5,8,13H,6-7,9-10H2,1H3/t13-/m1/s1. The third kappa shape index (κ3) is 4.58. The van der Waals surface area contributed by atoms with Gasteiger partial charge in [0.05, 0.1) is 23.0 Å². The maximum atomic E-state index is 11.8. The molecule has 24 heavy (non-hydrogen) atoms. The fourth-order valence-electron chi connectivity index (χ4n) is 2.37.